The van der Waals surface area contributed by atoms with Crippen molar-refractivity contribution in [3.63, 3.8) is 0 Å². The summed E-state index contributed by atoms with van der Waals surface area (Å²) in [5, 5.41) is 8.75. The van der Waals surface area contributed by atoms with Gasteiger partial charge in [0, 0.05) is 12.6 Å². The summed E-state index contributed by atoms with van der Waals surface area (Å²) < 4.78 is 0. The first-order valence-electron chi connectivity index (χ1n) is 12.1. The second kappa shape index (κ2) is 14.1. The molecule has 0 spiro atoms. The van der Waals surface area contributed by atoms with E-state index in [1.54, 1.807) is 0 Å². The summed E-state index contributed by atoms with van der Waals surface area (Å²) in [5.74, 6) is -1.44. The zero-order valence-electron chi connectivity index (χ0n) is 20.9. The maximum atomic E-state index is 13.4. The minimum atomic E-state index is -0.826. The first-order valence-corrected chi connectivity index (χ1v) is 12.1. The van der Waals surface area contributed by atoms with Crippen LogP contribution in [0.5, 0.6) is 0 Å². The molecule has 4 atom stereocenters. The van der Waals surface area contributed by atoms with Gasteiger partial charge in [-0.1, -0.05) is 27.7 Å². The van der Waals surface area contributed by atoms with Crippen LogP contribution in [0.3, 0.4) is 0 Å². The molecule has 1 fully saturated rings. The number of carbonyl (C=O) groups is 4. The quantitative estimate of drug-likeness (QED) is 0.226. The molecule has 10 nitrogen and oxygen atoms in total. The lowest BCUT2D eigenvalue weighted by Gasteiger charge is -2.30. The van der Waals surface area contributed by atoms with Crippen molar-refractivity contribution in [3.05, 3.63) is 0 Å². The number of carbonyl (C=O) groups excluding carboxylic acids is 4. The van der Waals surface area contributed by atoms with Crippen LogP contribution in [0.2, 0.25) is 0 Å². The van der Waals surface area contributed by atoms with E-state index in [0.717, 1.165) is 19.4 Å². The first-order chi connectivity index (χ1) is 15.4. The minimum Gasteiger partial charge on any atom is -0.368 e. The third-order valence-corrected chi connectivity index (χ3v) is 5.77. The fourth-order valence-corrected chi connectivity index (χ4v) is 3.90. The molecule has 1 heterocycles. The SMILES string of the molecule is CC(C)C[C@H](N)C(=O)N[C@@H](CCCCNC(C)C)C(=O)N1CCC[C@H]1C(=O)N[C@H](C)C(N)=O. The summed E-state index contributed by atoms with van der Waals surface area (Å²) >= 11 is 0. The number of primary amides is 1. The van der Waals surface area contributed by atoms with Crippen molar-refractivity contribution in [1.82, 2.24) is 20.9 Å². The van der Waals surface area contributed by atoms with E-state index in [-0.39, 0.29) is 17.7 Å². The topological polar surface area (TPSA) is 160 Å². The van der Waals surface area contributed by atoms with Crippen molar-refractivity contribution >= 4 is 23.6 Å². The third kappa shape index (κ3) is 10.1. The number of hydrogen-bond donors (Lipinski definition) is 5. The Morgan fingerprint density at radius 2 is 1.70 bits per heavy atom. The number of unbranched alkanes of at least 4 members (excludes halogenated alkanes) is 1. The van der Waals surface area contributed by atoms with Crippen molar-refractivity contribution in [1.29, 1.82) is 0 Å². The van der Waals surface area contributed by atoms with Crippen LogP contribution >= 0.6 is 0 Å². The standard InChI is InChI=1S/C23H44N6O4/c1-14(2)13-17(24)21(31)28-18(9-6-7-11-26-15(3)4)23(33)29-12-8-10-19(29)22(32)27-16(5)20(25)30/h14-19,26H,6-13,24H2,1-5H3,(H2,25,30)(H,27,32)(H,28,31)/t16-,17+,18+,19+/m1/s1. The Balaban J connectivity index is 2.87. The number of amides is 4. The summed E-state index contributed by atoms with van der Waals surface area (Å²) in [5.41, 5.74) is 11.3. The van der Waals surface area contributed by atoms with Gasteiger partial charge < -0.3 is 32.3 Å². The number of nitrogens with two attached hydrogens (primary N) is 2. The zero-order chi connectivity index (χ0) is 25.1. The van der Waals surface area contributed by atoms with Gasteiger partial charge in [-0.2, -0.15) is 0 Å². The van der Waals surface area contributed by atoms with Crippen LogP contribution in [0.4, 0.5) is 0 Å². The highest BCUT2D eigenvalue weighted by atomic mass is 16.2. The summed E-state index contributed by atoms with van der Waals surface area (Å²) in [6, 6.07) is -2.59. The fraction of sp³-hybridized carbons (Fsp3) is 0.826. The molecule has 10 heteroatoms. The van der Waals surface area contributed by atoms with Gasteiger partial charge in [0.05, 0.1) is 6.04 Å². The second-order valence-electron chi connectivity index (χ2n) is 9.72. The van der Waals surface area contributed by atoms with Gasteiger partial charge in [0.2, 0.25) is 23.6 Å². The predicted octanol–water partition coefficient (Wildman–Crippen LogP) is -0.00610. The highest BCUT2D eigenvalue weighted by molar-refractivity contribution is 5.94. The van der Waals surface area contributed by atoms with Crippen molar-refractivity contribution in [2.75, 3.05) is 13.1 Å². The Labute approximate surface area is 197 Å². The largest absolute Gasteiger partial charge is 0.368 e. The average Bonchev–Trinajstić information content (AvgIpc) is 3.21. The van der Waals surface area contributed by atoms with Crippen LogP contribution < -0.4 is 27.4 Å². The van der Waals surface area contributed by atoms with Crippen LogP contribution in [0, 0.1) is 5.92 Å². The van der Waals surface area contributed by atoms with Crippen LogP contribution in [0.25, 0.3) is 0 Å². The van der Waals surface area contributed by atoms with Crippen LogP contribution in [0.15, 0.2) is 0 Å². The molecule has 1 aliphatic rings. The van der Waals surface area contributed by atoms with Gasteiger partial charge in [-0.25, -0.2) is 0 Å². The highest BCUT2D eigenvalue weighted by Gasteiger charge is 2.38. The normalized spacial score (nSPS) is 18.8. The number of nitrogens with zero attached hydrogens (tertiary/aromatic N) is 1. The Morgan fingerprint density at radius 1 is 1.03 bits per heavy atom. The van der Waals surface area contributed by atoms with Crippen molar-refractivity contribution in [2.45, 2.75) is 103 Å². The molecule has 0 bridgehead atoms. The van der Waals surface area contributed by atoms with E-state index >= 15 is 0 Å². The van der Waals surface area contributed by atoms with Crippen LogP contribution in [-0.2, 0) is 19.2 Å². The number of nitrogens with one attached hydrogen (secondary N) is 3. The third-order valence-electron chi connectivity index (χ3n) is 5.77. The molecule has 0 aromatic rings. The van der Waals surface area contributed by atoms with Crippen LogP contribution in [0.1, 0.15) is 73.1 Å². The van der Waals surface area contributed by atoms with Crippen LogP contribution in [-0.4, -0.2) is 71.8 Å². The summed E-state index contributed by atoms with van der Waals surface area (Å²) in [6.45, 7) is 10.8. The lowest BCUT2D eigenvalue weighted by molar-refractivity contribution is -0.142. The molecular weight excluding hydrogens is 424 g/mol. The Kier molecular flexibility index (Phi) is 12.4. The van der Waals surface area contributed by atoms with E-state index < -0.39 is 36.0 Å². The Morgan fingerprint density at radius 3 is 2.27 bits per heavy atom. The number of rotatable bonds is 14. The second-order valence-corrected chi connectivity index (χ2v) is 9.72. The van der Waals surface area contributed by atoms with Gasteiger partial charge in [0.1, 0.15) is 18.1 Å². The molecule has 7 N–H and O–H groups in total. The molecule has 1 saturated heterocycles. The lowest BCUT2D eigenvalue weighted by atomic mass is 10.0. The summed E-state index contributed by atoms with van der Waals surface area (Å²) in [6.07, 6.45) is 3.73. The van der Waals surface area contributed by atoms with Crippen molar-refractivity contribution in [3.8, 4) is 0 Å². The molecule has 0 aromatic heterocycles. The van der Waals surface area contributed by atoms with E-state index in [2.05, 4.69) is 29.8 Å². The molecule has 1 aliphatic heterocycles. The van der Waals surface area contributed by atoms with Crippen molar-refractivity contribution < 1.29 is 19.2 Å². The first kappa shape index (κ1) is 28.8. The molecular formula is C23H44N6O4. The van der Waals surface area contributed by atoms with Gasteiger partial charge in [-0.05, 0) is 57.9 Å². The van der Waals surface area contributed by atoms with Crippen molar-refractivity contribution in [2.24, 2.45) is 17.4 Å². The minimum absolute atomic E-state index is 0.251. The molecule has 0 unspecified atom stereocenters. The van der Waals surface area contributed by atoms with Gasteiger partial charge in [0.25, 0.3) is 0 Å². The smallest absolute Gasteiger partial charge is 0.245 e. The lowest BCUT2D eigenvalue weighted by Crippen LogP contribution is -2.56. The van der Waals surface area contributed by atoms with E-state index in [0.29, 0.717) is 38.3 Å². The molecule has 0 aromatic carbocycles. The molecule has 0 saturated carbocycles. The van der Waals surface area contributed by atoms with Gasteiger partial charge in [-0.3, -0.25) is 19.2 Å². The zero-order valence-corrected chi connectivity index (χ0v) is 20.9. The highest BCUT2D eigenvalue weighted by Crippen LogP contribution is 2.20. The number of hydrogen-bond acceptors (Lipinski definition) is 6. The maximum Gasteiger partial charge on any atom is 0.245 e. The average molecular weight is 469 g/mol. The molecule has 190 valence electrons. The van der Waals surface area contributed by atoms with E-state index in [1.807, 2.05) is 13.8 Å². The summed E-state index contributed by atoms with van der Waals surface area (Å²) in [7, 11) is 0. The van der Waals surface area contributed by atoms with Gasteiger partial charge >= 0.3 is 0 Å². The summed E-state index contributed by atoms with van der Waals surface area (Å²) in [4.78, 5) is 51.6. The van der Waals surface area contributed by atoms with Gasteiger partial charge in [0.15, 0.2) is 0 Å². The Hall–Kier alpha value is -2.20. The number of likely N-dealkylation sites (tertiary alicyclic amines) is 1. The monoisotopic (exact) mass is 468 g/mol. The maximum absolute atomic E-state index is 13.4. The van der Waals surface area contributed by atoms with Gasteiger partial charge in [-0.15, -0.1) is 0 Å². The van der Waals surface area contributed by atoms with E-state index in [9.17, 15) is 19.2 Å². The van der Waals surface area contributed by atoms with E-state index in [1.165, 1.54) is 11.8 Å². The predicted molar refractivity (Wildman–Crippen MR) is 128 cm³/mol. The fourth-order valence-electron chi connectivity index (χ4n) is 3.90. The molecule has 0 radical (unpaired) electrons. The Bertz CT molecular complexity index is 669. The molecule has 33 heavy (non-hydrogen) atoms. The molecule has 4 amide bonds. The molecule has 0 aliphatic carbocycles. The molecule has 1 rings (SSSR count). The van der Waals surface area contributed by atoms with E-state index in [4.69, 9.17) is 11.5 Å².